The molecule has 0 bridgehead atoms. The molecule has 0 unspecified atom stereocenters. The number of ether oxygens (including phenoxy) is 6. The molecule has 0 amide bonds. The van der Waals surface area contributed by atoms with Crippen molar-refractivity contribution in [3.8, 4) is 69.0 Å². The van der Waals surface area contributed by atoms with Gasteiger partial charge in [0.05, 0.1) is 0 Å². The Morgan fingerprint density at radius 3 is 0.911 bits per heavy atom. The Kier molecular flexibility index (Phi) is 13.5. The number of benzene rings is 6. The summed E-state index contributed by atoms with van der Waals surface area (Å²) in [6.45, 7) is 11.8. The van der Waals surface area contributed by atoms with Crippen LogP contribution in [0.25, 0.3) is 0 Å². The second kappa shape index (κ2) is 19.5. The van der Waals surface area contributed by atoms with Crippen molar-refractivity contribution < 1.29 is 46.9 Å². The predicted octanol–water partition coefficient (Wildman–Crippen LogP) is 12.0. The van der Waals surface area contributed by atoms with Gasteiger partial charge in [-0.15, -0.1) is 4.89 Å². The summed E-state index contributed by atoms with van der Waals surface area (Å²) in [5.74, 6) is 2.85. The Morgan fingerprint density at radius 2 is 0.643 bits per heavy atom. The highest BCUT2D eigenvalue weighted by Crippen LogP contribution is 2.63. The van der Waals surface area contributed by atoms with E-state index in [4.69, 9.17) is 42.0 Å². The van der Waals surface area contributed by atoms with Crippen molar-refractivity contribution in [1.29, 1.82) is 0 Å². The maximum Gasteiger partial charge on any atom is 0.715 e. The highest BCUT2D eigenvalue weighted by molar-refractivity contribution is 7.56. The normalized spacial score (nSPS) is 10.7. The fraction of sp³-hybridized carbons (Fsp3) is 0.0667. The van der Waals surface area contributed by atoms with Gasteiger partial charge >= 0.3 is 8.17 Å². The van der Waals surface area contributed by atoms with Gasteiger partial charge in [-0.1, -0.05) is 111 Å². The number of hydrogen-bond donors (Lipinski definition) is 1. The summed E-state index contributed by atoms with van der Waals surface area (Å²) in [6.07, 6.45) is 4.79. The van der Waals surface area contributed by atoms with E-state index < -0.39 is 8.17 Å². The van der Waals surface area contributed by atoms with Crippen LogP contribution in [0, 0.1) is 0 Å². The van der Waals surface area contributed by atoms with Crippen LogP contribution in [0.3, 0.4) is 0 Å². The molecule has 56 heavy (non-hydrogen) atoms. The molecule has 11 heteroatoms. The van der Waals surface area contributed by atoms with E-state index in [1.54, 1.807) is 109 Å². The molecule has 6 aromatic carbocycles. The molecular formula is C45H40O10P+. The van der Waals surface area contributed by atoms with Gasteiger partial charge in [-0.2, -0.15) is 0 Å². The molecule has 6 aromatic rings. The van der Waals surface area contributed by atoms with E-state index in [-0.39, 0.29) is 54.3 Å². The summed E-state index contributed by atoms with van der Waals surface area (Å²) in [6, 6.07) is 42.1. The van der Waals surface area contributed by atoms with Crippen molar-refractivity contribution in [1.82, 2.24) is 0 Å². The summed E-state index contributed by atoms with van der Waals surface area (Å²) in [5.41, 5.74) is 0. The lowest BCUT2D eigenvalue weighted by Crippen LogP contribution is -2.16. The van der Waals surface area contributed by atoms with Gasteiger partial charge in [0.1, 0.15) is 37.1 Å². The molecule has 0 saturated carbocycles. The molecule has 284 valence electrons. The summed E-state index contributed by atoms with van der Waals surface area (Å²) in [5, 5.41) is 0. The first-order chi connectivity index (χ1) is 27.5. The Hall–Kier alpha value is -6.87. The number of para-hydroxylation sites is 6. The molecule has 0 aliphatic heterocycles. The quantitative estimate of drug-likeness (QED) is 0.0562. The van der Waals surface area contributed by atoms with Crippen LogP contribution >= 0.6 is 8.17 Å². The highest BCUT2D eigenvalue weighted by Gasteiger charge is 2.53. The van der Waals surface area contributed by atoms with Crippen LogP contribution < -0.4 is 42.0 Å². The molecule has 0 aliphatic rings. The molecule has 0 aliphatic carbocycles. The van der Waals surface area contributed by atoms with Crippen molar-refractivity contribution in [3.63, 3.8) is 0 Å². The van der Waals surface area contributed by atoms with Gasteiger partial charge in [0, 0.05) is 0 Å². The Labute approximate surface area is 326 Å². The van der Waals surface area contributed by atoms with E-state index in [1.807, 2.05) is 54.6 Å². The molecule has 0 aromatic heterocycles. The maximum atomic E-state index is 12.8. The molecule has 1 N–H and O–H groups in total. The lowest BCUT2D eigenvalue weighted by molar-refractivity contribution is 0.240. The van der Waals surface area contributed by atoms with Crippen molar-refractivity contribution in [2.24, 2.45) is 0 Å². The van der Waals surface area contributed by atoms with Gasteiger partial charge in [0.2, 0.25) is 34.5 Å². The minimum Gasteiger partial charge on any atom is -0.485 e. The lowest BCUT2D eigenvalue weighted by Gasteiger charge is -2.21. The van der Waals surface area contributed by atoms with Crippen LogP contribution in [0.2, 0.25) is 0 Å². The van der Waals surface area contributed by atoms with Crippen LogP contribution in [-0.4, -0.2) is 24.7 Å². The van der Waals surface area contributed by atoms with Crippen LogP contribution in [0.4, 0.5) is 0 Å². The van der Waals surface area contributed by atoms with Gasteiger partial charge < -0.3 is 28.4 Å². The topological polar surface area (TPSA) is 103 Å². The molecule has 0 saturated heterocycles. The van der Waals surface area contributed by atoms with E-state index in [0.717, 1.165) is 0 Å². The van der Waals surface area contributed by atoms with E-state index in [0.29, 0.717) is 34.5 Å². The molecule has 0 atom stereocenters. The Balaban J connectivity index is 1.49. The first-order valence-corrected chi connectivity index (χ1v) is 19.0. The molecule has 0 spiro atoms. The fourth-order valence-corrected chi connectivity index (χ4v) is 6.33. The second-order valence-corrected chi connectivity index (χ2v) is 13.0. The van der Waals surface area contributed by atoms with Crippen molar-refractivity contribution in [3.05, 3.63) is 184 Å². The molecular weight excluding hydrogens is 731 g/mol. The molecule has 10 nitrogen and oxygen atoms in total. The smallest absolute Gasteiger partial charge is 0.485 e. The first kappa shape index (κ1) is 38.8. The van der Waals surface area contributed by atoms with Gasteiger partial charge in [-0.05, 0) is 72.8 Å². The highest BCUT2D eigenvalue weighted by atomic mass is 31.2. The molecule has 6 rings (SSSR count). The SMILES string of the molecule is C=CCOc1cccc(O[P+](O)(Oc2cccc(OCC=C)c2Oc2ccccc2)Oc2cccc(OCC=C)c2Oc2ccccc2)c1Oc1ccccc1. The van der Waals surface area contributed by atoms with Crippen molar-refractivity contribution in [2.45, 2.75) is 0 Å². The third-order valence-corrected chi connectivity index (χ3v) is 8.71. The Morgan fingerprint density at radius 1 is 0.375 bits per heavy atom. The summed E-state index contributed by atoms with van der Waals surface area (Å²) < 4.78 is 56.2. The minimum atomic E-state index is -4.63. The predicted molar refractivity (Wildman–Crippen MR) is 217 cm³/mol. The van der Waals surface area contributed by atoms with E-state index in [1.165, 1.54) is 0 Å². The van der Waals surface area contributed by atoms with Crippen molar-refractivity contribution in [2.75, 3.05) is 19.8 Å². The number of hydrogen-bond acceptors (Lipinski definition) is 10. The number of rotatable bonds is 21. The zero-order valence-electron chi connectivity index (χ0n) is 30.4. The van der Waals surface area contributed by atoms with Crippen LogP contribution in [0.1, 0.15) is 0 Å². The third kappa shape index (κ3) is 10.4. The summed E-state index contributed by atoms with van der Waals surface area (Å²) >= 11 is 0. The summed E-state index contributed by atoms with van der Waals surface area (Å²) in [4.78, 5) is 12.8. The summed E-state index contributed by atoms with van der Waals surface area (Å²) in [7, 11) is -4.63. The van der Waals surface area contributed by atoms with Crippen LogP contribution in [0.5, 0.6) is 69.0 Å². The van der Waals surface area contributed by atoms with Gasteiger partial charge in [-0.3, -0.25) is 0 Å². The zero-order chi connectivity index (χ0) is 39.0. The van der Waals surface area contributed by atoms with Crippen molar-refractivity contribution >= 4 is 8.17 Å². The largest absolute Gasteiger partial charge is 0.715 e. The van der Waals surface area contributed by atoms with Gasteiger partial charge in [-0.25, -0.2) is 13.6 Å². The average molecular weight is 772 g/mol. The second-order valence-electron chi connectivity index (χ2n) is 11.5. The zero-order valence-corrected chi connectivity index (χ0v) is 31.3. The average Bonchev–Trinajstić information content (AvgIpc) is 3.22. The van der Waals surface area contributed by atoms with Gasteiger partial charge in [0.25, 0.3) is 0 Å². The molecule has 0 radical (unpaired) electrons. The fourth-order valence-electron chi connectivity index (χ4n) is 5.04. The minimum absolute atomic E-state index is 0.0282. The molecule has 0 fully saturated rings. The maximum absolute atomic E-state index is 12.8. The monoisotopic (exact) mass is 771 g/mol. The Bertz CT molecular complexity index is 1950. The lowest BCUT2D eigenvalue weighted by atomic mass is 10.3. The van der Waals surface area contributed by atoms with E-state index in [9.17, 15) is 4.89 Å². The van der Waals surface area contributed by atoms with Gasteiger partial charge in [0.15, 0.2) is 17.2 Å². The van der Waals surface area contributed by atoms with Crippen LogP contribution in [-0.2, 0) is 0 Å². The molecule has 0 heterocycles. The van der Waals surface area contributed by atoms with Crippen LogP contribution in [0.15, 0.2) is 184 Å². The third-order valence-electron chi connectivity index (χ3n) is 7.43. The van der Waals surface area contributed by atoms with E-state index in [2.05, 4.69) is 19.7 Å². The van der Waals surface area contributed by atoms with E-state index >= 15 is 0 Å². The first-order valence-electron chi connectivity index (χ1n) is 17.5. The standard InChI is InChI=1S/C45H40O10P/c1-4-31-47-37-25-16-28-40(43(37)50-34-19-10-7-11-20-34)53-56(46,54-41-29-17-26-38(48-32-5-2)44(41)51-35-21-12-8-13-22-35)55-42-30-18-27-39(49-33-6-3)45(42)52-36-23-14-9-15-24-36/h4-30,46H,1-3,31-33H2/q+1.